The Morgan fingerprint density at radius 1 is 1.18 bits per heavy atom. The van der Waals surface area contributed by atoms with Gasteiger partial charge in [0.05, 0.1) is 6.54 Å². The summed E-state index contributed by atoms with van der Waals surface area (Å²) >= 11 is 0. The molecule has 1 amide bonds. The molecular formula is C24H33FIN5O2. The predicted octanol–water partition coefficient (Wildman–Crippen LogP) is 4.48. The molecule has 180 valence electrons. The van der Waals surface area contributed by atoms with Gasteiger partial charge in [-0.25, -0.2) is 14.4 Å². The van der Waals surface area contributed by atoms with Gasteiger partial charge in [-0.15, -0.1) is 24.0 Å². The number of carbonyl (C=O) groups is 1. The van der Waals surface area contributed by atoms with Crippen molar-refractivity contribution >= 4 is 35.8 Å². The third kappa shape index (κ3) is 9.53. The van der Waals surface area contributed by atoms with Crippen molar-refractivity contribution in [3.63, 3.8) is 0 Å². The Morgan fingerprint density at radius 3 is 2.79 bits per heavy atom. The maximum absolute atomic E-state index is 13.1. The molecule has 0 aliphatic carbocycles. The average molecular weight is 569 g/mol. The van der Waals surface area contributed by atoms with E-state index in [0.29, 0.717) is 24.6 Å². The zero-order chi connectivity index (χ0) is 22.6. The van der Waals surface area contributed by atoms with Gasteiger partial charge >= 0.3 is 0 Å². The third-order valence-electron chi connectivity index (χ3n) is 5.17. The van der Waals surface area contributed by atoms with Crippen LogP contribution in [0.3, 0.4) is 0 Å². The van der Waals surface area contributed by atoms with Gasteiger partial charge in [0.2, 0.25) is 11.8 Å². The molecular weight excluding hydrogens is 536 g/mol. The summed E-state index contributed by atoms with van der Waals surface area (Å²) in [7, 11) is 0. The lowest BCUT2D eigenvalue weighted by atomic mass is 10.2. The molecule has 1 aromatic heterocycles. The molecule has 9 heteroatoms. The molecule has 0 unspecified atom stereocenters. The first-order valence-electron chi connectivity index (χ1n) is 11.3. The lowest BCUT2D eigenvalue weighted by Gasteiger charge is -2.20. The average Bonchev–Trinajstić information content (AvgIpc) is 3.00. The van der Waals surface area contributed by atoms with Crippen molar-refractivity contribution in [1.82, 2.24) is 20.5 Å². The molecule has 1 aliphatic heterocycles. The minimum Gasteiger partial charge on any atom is -0.439 e. The second kappa shape index (κ2) is 14.7. The number of aromatic nitrogens is 1. The Hall–Kier alpha value is -2.43. The lowest BCUT2D eigenvalue weighted by molar-refractivity contribution is -0.130. The highest BCUT2D eigenvalue weighted by atomic mass is 127. The fraction of sp³-hybridized carbons (Fsp3) is 0.458. The van der Waals surface area contributed by atoms with E-state index in [1.165, 1.54) is 12.1 Å². The number of benzene rings is 1. The maximum atomic E-state index is 13.1. The Labute approximate surface area is 212 Å². The van der Waals surface area contributed by atoms with Gasteiger partial charge in [-0.3, -0.25) is 4.79 Å². The molecule has 0 saturated carbocycles. The molecule has 2 aromatic rings. The molecule has 2 heterocycles. The van der Waals surface area contributed by atoms with E-state index in [0.717, 1.165) is 63.4 Å². The molecule has 1 saturated heterocycles. The normalized spacial score (nSPS) is 14.3. The molecule has 33 heavy (non-hydrogen) atoms. The SMILES string of the molecule is CCNC(=NCc1ccnc(Oc2ccc(F)cc2)c1)NCCCN1CCCCCC1=O.I. The molecule has 1 fully saturated rings. The Morgan fingerprint density at radius 2 is 2.00 bits per heavy atom. The summed E-state index contributed by atoms with van der Waals surface area (Å²) in [5.41, 5.74) is 0.949. The van der Waals surface area contributed by atoms with Crippen LogP contribution in [0.25, 0.3) is 0 Å². The smallest absolute Gasteiger partial charge is 0.222 e. The molecule has 0 radical (unpaired) electrons. The van der Waals surface area contributed by atoms with E-state index in [4.69, 9.17) is 4.74 Å². The summed E-state index contributed by atoms with van der Waals surface area (Å²) in [5, 5.41) is 6.59. The highest BCUT2D eigenvalue weighted by Gasteiger charge is 2.15. The van der Waals surface area contributed by atoms with Crippen molar-refractivity contribution in [3.8, 4) is 11.6 Å². The standard InChI is InChI=1S/C24H32FN5O2.HI/c1-2-26-24(28-13-6-16-30-15-5-3-4-7-23(30)31)29-18-19-12-14-27-22(17-19)32-21-10-8-20(25)9-11-21;/h8-12,14,17H,2-7,13,15-16,18H2,1H3,(H2,26,28,29);1H. The first-order valence-corrected chi connectivity index (χ1v) is 11.3. The van der Waals surface area contributed by atoms with Gasteiger partial charge in [0.25, 0.3) is 0 Å². The second-order valence-electron chi connectivity index (χ2n) is 7.73. The second-order valence-corrected chi connectivity index (χ2v) is 7.73. The highest BCUT2D eigenvalue weighted by Crippen LogP contribution is 2.20. The number of guanidine groups is 1. The van der Waals surface area contributed by atoms with Crippen LogP contribution in [-0.4, -0.2) is 47.9 Å². The van der Waals surface area contributed by atoms with Crippen LogP contribution in [0, 0.1) is 5.82 Å². The van der Waals surface area contributed by atoms with Crippen molar-refractivity contribution in [1.29, 1.82) is 0 Å². The lowest BCUT2D eigenvalue weighted by Crippen LogP contribution is -2.39. The number of carbonyl (C=O) groups excluding carboxylic acids is 1. The Kier molecular flexibility index (Phi) is 11.9. The quantitative estimate of drug-likeness (QED) is 0.202. The number of pyridine rings is 1. The first kappa shape index (κ1) is 26.8. The van der Waals surface area contributed by atoms with Gasteiger partial charge in [-0.2, -0.15) is 0 Å². The summed E-state index contributed by atoms with van der Waals surface area (Å²) in [5.74, 6) is 1.66. The molecule has 0 bridgehead atoms. The Balaban J connectivity index is 0.00000385. The summed E-state index contributed by atoms with van der Waals surface area (Å²) in [6, 6.07) is 9.53. The molecule has 1 aliphatic rings. The first-order chi connectivity index (χ1) is 15.6. The number of halogens is 2. The van der Waals surface area contributed by atoms with E-state index in [1.807, 2.05) is 24.0 Å². The van der Waals surface area contributed by atoms with Gasteiger partial charge in [-0.05, 0) is 62.1 Å². The third-order valence-corrected chi connectivity index (χ3v) is 5.17. The molecule has 0 atom stereocenters. The van der Waals surface area contributed by atoms with Crippen LogP contribution in [0.5, 0.6) is 11.6 Å². The number of hydrogen-bond donors (Lipinski definition) is 2. The Bertz CT molecular complexity index is 895. The number of amides is 1. The van der Waals surface area contributed by atoms with Crippen molar-refractivity contribution in [3.05, 3.63) is 54.0 Å². The number of aliphatic imine (C=N–C) groups is 1. The van der Waals surface area contributed by atoms with Gasteiger partial charge in [0.15, 0.2) is 5.96 Å². The summed E-state index contributed by atoms with van der Waals surface area (Å²) in [4.78, 5) is 22.9. The molecule has 1 aromatic carbocycles. The van der Waals surface area contributed by atoms with Crippen LogP contribution in [-0.2, 0) is 11.3 Å². The number of likely N-dealkylation sites (tertiary alicyclic amines) is 1. The van der Waals surface area contributed by atoms with Crippen LogP contribution in [0.15, 0.2) is 47.6 Å². The van der Waals surface area contributed by atoms with Crippen molar-refractivity contribution in [2.45, 2.75) is 45.6 Å². The fourth-order valence-corrected chi connectivity index (χ4v) is 3.49. The molecule has 0 spiro atoms. The van der Waals surface area contributed by atoms with Crippen molar-refractivity contribution in [2.24, 2.45) is 4.99 Å². The molecule has 2 N–H and O–H groups in total. The monoisotopic (exact) mass is 569 g/mol. The largest absolute Gasteiger partial charge is 0.439 e. The minimum atomic E-state index is -0.310. The number of rotatable bonds is 9. The summed E-state index contributed by atoms with van der Waals surface area (Å²) < 4.78 is 18.7. The number of ether oxygens (including phenoxy) is 1. The van der Waals surface area contributed by atoms with Crippen LogP contribution in [0.4, 0.5) is 4.39 Å². The zero-order valence-corrected chi connectivity index (χ0v) is 21.4. The minimum absolute atomic E-state index is 0. The number of hydrogen-bond acceptors (Lipinski definition) is 4. The molecule has 3 rings (SSSR count). The fourth-order valence-electron chi connectivity index (χ4n) is 3.49. The summed E-state index contributed by atoms with van der Waals surface area (Å²) in [6.45, 7) is 5.63. The van der Waals surface area contributed by atoms with E-state index >= 15 is 0 Å². The molecule has 7 nitrogen and oxygen atoms in total. The van der Waals surface area contributed by atoms with E-state index in [-0.39, 0.29) is 35.7 Å². The van der Waals surface area contributed by atoms with Crippen molar-refractivity contribution in [2.75, 3.05) is 26.2 Å². The topological polar surface area (TPSA) is 78.9 Å². The van der Waals surface area contributed by atoms with E-state index in [1.54, 1.807) is 18.3 Å². The van der Waals surface area contributed by atoms with Crippen LogP contribution >= 0.6 is 24.0 Å². The van der Waals surface area contributed by atoms with E-state index < -0.39 is 0 Å². The van der Waals surface area contributed by atoms with E-state index in [9.17, 15) is 9.18 Å². The van der Waals surface area contributed by atoms with Crippen molar-refractivity contribution < 1.29 is 13.9 Å². The van der Waals surface area contributed by atoms with Crippen LogP contribution in [0.1, 0.15) is 44.6 Å². The number of nitrogens with zero attached hydrogens (tertiary/aromatic N) is 3. The number of nitrogens with one attached hydrogen (secondary N) is 2. The van der Waals surface area contributed by atoms with Gasteiger partial charge < -0.3 is 20.3 Å². The zero-order valence-electron chi connectivity index (χ0n) is 19.1. The van der Waals surface area contributed by atoms with E-state index in [2.05, 4.69) is 20.6 Å². The maximum Gasteiger partial charge on any atom is 0.222 e. The van der Waals surface area contributed by atoms with Crippen LogP contribution in [0.2, 0.25) is 0 Å². The summed E-state index contributed by atoms with van der Waals surface area (Å²) in [6.07, 6.45) is 6.47. The predicted molar refractivity (Wildman–Crippen MR) is 139 cm³/mol. The van der Waals surface area contributed by atoms with Gasteiger partial charge in [-0.1, -0.05) is 6.42 Å². The van der Waals surface area contributed by atoms with Gasteiger partial charge in [0, 0.05) is 44.9 Å². The van der Waals surface area contributed by atoms with Crippen LogP contribution < -0.4 is 15.4 Å². The highest BCUT2D eigenvalue weighted by molar-refractivity contribution is 14.0. The van der Waals surface area contributed by atoms with Gasteiger partial charge in [0.1, 0.15) is 11.6 Å².